The molecule has 7 nitrogen and oxygen atoms in total. The summed E-state index contributed by atoms with van der Waals surface area (Å²) in [5, 5.41) is 19.5. The van der Waals surface area contributed by atoms with Gasteiger partial charge in [0.15, 0.2) is 0 Å². The molecule has 2 N–H and O–H groups in total. The number of aliphatic carboxylic acids is 1. The molecule has 0 unspecified atom stereocenters. The lowest BCUT2D eigenvalue weighted by molar-refractivity contribution is -0.274. The van der Waals surface area contributed by atoms with Gasteiger partial charge in [-0.15, -0.1) is 13.2 Å². The molecule has 0 saturated heterocycles. The van der Waals surface area contributed by atoms with Crippen LogP contribution in [0, 0.1) is 0 Å². The average molecular weight is 394 g/mol. The van der Waals surface area contributed by atoms with Crippen LogP contribution in [-0.2, 0) is 4.79 Å². The van der Waals surface area contributed by atoms with E-state index in [9.17, 15) is 33.0 Å². The Kier molecular flexibility index (Phi) is 4.95. The number of carbonyl (C=O) groups is 1. The first-order valence-electron chi connectivity index (χ1n) is 7.93. The minimum Gasteiger partial charge on any atom is -0.493 e. The van der Waals surface area contributed by atoms with E-state index in [1.54, 1.807) is 12.1 Å². The third-order valence-corrected chi connectivity index (χ3v) is 3.99. The van der Waals surface area contributed by atoms with E-state index in [0.29, 0.717) is 0 Å². The molecular formula is C18H13F3N2O5. The molecule has 0 fully saturated rings. The number of hydrogen-bond acceptors (Lipinski definition) is 5. The van der Waals surface area contributed by atoms with E-state index in [1.165, 1.54) is 24.4 Å². The summed E-state index contributed by atoms with van der Waals surface area (Å²) in [6.45, 7) is 0. The number of benzene rings is 1. The molecule has 2 heterocycles. The van der Waals surface area contributed by atoms with Crippen molar-refractivity contribution in [2.75, 3.05) is 0 Å². The van der Waals surface area contributed by atoms with Crippen LogP contribution in [0.4, 0.5) is 13.2 Å². The summed E-state index contributed by atoms with van der Waals surface area (Å²) >= 11 is 0. The number of carboxylic acids is 1. The van der Waals surface area contributed by atoms with Crippen LogP contribution in [-0.4, -0.2) is 31.9 Å². The molecular weight excluding hydrogens is 381 g/mol. The van der Waals surface area contributed by atoms with E-state index < -0.39 is 41.9 Å². The Morgan fingerprint density at radius 1 is 1.18 bits per heavy atom. The standard InChI is InChI=1S/C18H13F3N2O5/c19-18(20,21)28-11-6-4-10(5-7-11)12(9-14(24)25)15-16(26)22-13-3-1-2-8-23(13)17(15)27/h1-8,12,26H,9H2,(H,24,25)/t12-/m0/s1. The second-order valence-corrected chi connectivity index (χ2v) is 5.85. The van der Waals surface area contributed by atoms with E-state index >= 15 is 0 Å². The Morgan fingerprint density at radius 3 is 2.46 bits per heavy atom. The first kappa shape index (κ1) is 19.2. The van der Waals surface area contributed by atoms with Gasteiger partial charge in [0, 0.05) is 12.1 Å². The molecule has 146 valence electrons. The summed E-state index contributed by atoms with van der Waals surface area (Å²) in [5.74, 6) is -3.53. The molecule has 0 bridgehead atoms. The maximum absolute atomic E-state index is 12.8. The molecule has 0 aliphatic heterocycles. The average Bonchev–Trinajstić information content (AvgIpc) is 2.60. The molecule has 2 aromatic heterocycles. The van der Waals surface area contributed by atoms with Crippen molar-refractivity contribution >= 4 is 11.6 Å². The zero-order chi connectivity index (χ0) is 20.5. The number of nitrogens with zero attached hydrogens (tertiary/aromatic N) is 2. The quantitative estimate of drug-likeness (QED) is 0.690. The number of alkyl halides is 3. The number of hydrogen-bond donors (Lipinski definition) is 2. The van der Waals surface area contributed by atoms with Crippen molar-refractivity contribution in [1.29, 1.82) is 0 Å². The van der Waals surface area contributed by atoms with Crippen LogP contribution in [0.3, 0.4) is 0 Å². The van der Waals surface area contributed by atoms with Gasteiger partial charge in [-0.25, -0.2) is 0 Å². The van der Waals surface area contributed by atoms with E-state index in [0.717, 1.165) is 16.5 Å². The SMILES string of the molecule is O=C(O)C[C@@H](c1ccc(OC(F)(F)F)cc1)c1c(O)nc2ccccn2c1=O. The lowest BCUT2D eigenvalue weighted by Gasteiger charge is -2.17. The number of fused-ring (bicyclic) bond motifs is 1. The van der Waals surface area contributed by atoms with Gasteiger partial charge in [0.2, 0.25) is 5.88 Å². The molecule has 28 heavy (non-hydrogen) atoms. The fourth-order valence-corrected chi connectivity index (χ4v) is 2.86. The number of halogens is 3. The van der Waals surface area contributed by atoms with Crippen LogP contribution in [0.2, 0.25) is 0 Å². The monoisotopic (exact) mass is 394 g/mol. The van der Waals surface area contributed by atoms with E-state index in [2.05, 4.69) is 9.72 Å². The van der Waals surface area contributed by atoms with Crippen molar-refractivity contribution in [1.82, 2.24) is 9.38 Å². The number of pyridine rings is 1. The molecule has 10 heteroatoms. The van der Waals surface area contributed by atoms with Crippen molar-refractivity contribution in [3.63, 3.8) is 0 Å². The van der Waals surface area contributed by atoms with Crippen molar-refractivity contribution in [2.24, 2.45) is 0 Å². The number of ether oxygens (including phenoxy) is 1. The van der Waals surface area contributed by atoms with Gasteiger partial charge < -0.3 is 14.9 Å². The van der Waals surface area contributed by atoms with Gasteiger partial charge in [0.05, 0.1) is 12.0 Å². The van der Waals surface area contributed by atoms with Gasteiger partial charge in [-0.1, -0.05) is 18.2 Å². The highest BCUT2D eigenvalue weighted by Gasteiger charge is 2.31. The van der Waals surface area contributed by atoms with Gasteiger partial charge in [0.25, 0.3) is 5.56 Å². The van der Waals surface area contributed by atoms with Crippen molar-refractivity contribution in [2.45, 2.75) is 18.7 Å². The highest BCUT2D eigenvalue weighted by atomic mass is 19.4. The van der Waals surface area contributed by atoms with Crippen LogP contribution in [0.15, 0.2) is 53.5 Å². The highest BCUT2D eigenvalue weighted by Crippen LogP contribution is 2.32. The Bertz CT molecular complexity index is 1080. The van der Waals surface area contributed by atoms with E-state index in [4.69, 9.17) is 0 Å². The van der Waals surface area contributed by atoms with Gasteiger partial charge >= 0.3 is 12.3 Å². The predicted molar refractivity (Wildman–Crippen MR) is 90.3 cm³/mol. The smallest absolute Gasteiger partial charge is 0.493 e. The largest absolute Gasteiger partial charge is 0.573 e. The minimum atomic E-state index is -4.87. The molecule has 0 spiro atoms. The van der Waals surface area contributed by atoms with E-state index in [1.807, 2.05) is 0 Å². The number of aromatic hydroxyl groups is 1. The summed E-state index contributed by atoms with van der Waals surface area (Å²) < 4.78 is 41.8. The minimum absolute atomic E-state index is 0.164. The van der Waals surface area contributed by atoms with Gasteiger partial charge in [-0.3, -0.25) is 14.0 Å². The third kappa shape index (κ3) is 4.05. The molecule has 0 aliphatic rings. The van der Waals surface area contributed by atoms with Crippen molar-refractivity contribution < 1.29 is 32.9 Å². The fraction of sp³-hybridized carbons (Fsp3) is 0.167. The summed E-state index contributed by atoms with van der Waals surface area (Å²) in [4.78, 5) is 28.0. The summed E-state index contributed by atoms with van der Waals surface area (Å²) in [5.41, 5.74) is -0.570. The summed E-state index contributed by atoms with van der Waals surface area (Å²) in [6.07, 6.45) is -4.05. The fourth-order valence-electron chi connectivity index (χ4n) is 2.86. The highest BCUT2D eigenvalue weighted by molar-refractivity contribution is 5.69. The molecule has 0 saturated carbocycles. The Balaban J connectivity index is 2.10. The zero-order valence-electron chi connectivity index (χ0n) is 14.1. The second-order valence-electron chi connectivity index (χ2n) is 5.85. The molecule has 3 aromatic rings. The molecule has 1 atom stereocenters. The Hall–Kier alpha value is -3.56. The predicted octanol–water partition coefficient (Wildman–Crippen LogP) is 2.91. The van der Waals surface area contributed by atoms with Crippen LogP contribution in [0.25, 0.3) is 5.65 Å². The van der Waals surface area contributed by atoms with E-state index in [-0.39, 0.29) is 16.8 Å². The van der Waals surface area contributed by atoms with Crippen LogP contribution < -0.4 is 10.3 Å². The maximum Gasteiger partial charge on any atom is 0.573 e. The lowest BCUT2D eigenvalue weighted by atomic mass is 9.89. The molecule has 0 amide bonds. The van der Waals surface area contributed by atoms with Crippen LogP contribution >= 0.6 is 0 Å². The number of carboxylic acid groups (broad SMARTS) is 1. The van der Waals surface area contributed by atoms with Crippen molar-refractivity contribution in [3.8, 4) is 11.6 Å². The van der Waals surface area contributed by atoms with Crippen molar-refractivity contribution in [3.05, 3.63) is 70.1 Å². The number of aromatic nitrogens is 2. The van der Waals surface area contributed by atoms with Crippen LogP contribution in [0.1, 0.15) is 23.5 Å². The normalized spacial score (nSPS) is 12.7. The summed E-state index contributed by atoms with van der Waals surface area (Å²) in [7, 11) is 0. The van der Waals surface area contributed by atoms with Gasteiger partial charge in [0.1, 0.15) is 11.4 Å². The first-order valence-corrected chi connectivity index (χ1v) is 7.93. The Labute approximate surface area is 155 Å². The summed E-state index contributed by atoms with van der Waals surface area (Å²) in [6, 6.07) is 9.06. The maximum atomic E-state index is 12.8. The third-order valence-electron chi connectivity index (χ3n) is 3.99. The molecule has 0 radical (unpaired) electrons. The zero-order valence-corrected chi connectivity index (χ0v) is 14.1. The second kappa shape index (κ2) is 7.22. The van der Waals surface area contributed by atoms with Gasteiger partial charge in [-0.05, 0) is 29.8 Å². The molecule has 1 aromatic carbocycles. The topological polar surface area (TPSA) is 101 Å². The Morgan fingerprint density at radius 2 is 1.86 bits per heavy atom. The molecule has 3 rings (SSSR count). The molecule has 0 aliphatic carbocycles. The first-order chi connectivity index (χ1) is 13.2. The van der Waals surface area contributed by atoms with Crippen LogP contribution in [0.5, 0.6) is 11.6 Å². The lowest BCUT2D eigenvalue weighted by Crippen LogP contribution is -2.24. The number of rotatable bonds is 5. The van der Waals surface area contributed by atoms with Gasteiger partial charge in [-0.2, -0.15) is 4.98 Å².